The number of hydrogen-bond donors (Lipinski definition) is 2. The third kappa shape index (κ3) is 7.16. The minimum atomic E-state index is -0.441. The molecule has 11 aromatic carbocycles. The average molecular weight is 1100 g/mol. The third-order valence-corrected chi connectivity index (χ3v) is 17.3. The standard InChI is InChI=1S/C74H54N2O8/c1-33-23-25-49-43(27-33)67(77)63-65(75-49)45-29-51(81-71-35(3)15-11-16-36(71)4)57-58-52(82-72-37(5)17-12-18-38(72)6)30-46-56-48(70(80)64-66(46)76-50-26-24-34(2)28-44(50)68(64)78)32-54(84-74-41(9)21-14-22-42(74)10)60(62(56)58)59-53(31-47(69(63)79)55(45)61(57)59)83-73-39(7)19-13-20-40(73)8/h11-32H,1-10H3,(H,75,77)(H,76,78). The number of ketones is 2. The smallest absolute Gasteiger partial charge is 0.199 e. The monoisotopic (exact) mass is 1100 g/mol. The van der Waals surface area contributed by atoms with E-state index in [1.165, 1.54) is 0 Å². The zero-order valence-electron chi connectivity index (χ0n) is 47.9. The maximum Gasteiger partial charge on any atom is 0.199 e. The molecule has 10 heteroatoms. The number of aryl methyl sites for hydroxylation is 10. The molecule has 2 aliphatic carbocycles. The molecule has 84 heavy (non-hydrogen) atoms. The Hall–Kier alpha value is -10.3. The maximum absolute atomic E-state index is 16.0. The first-order valence-electron chi connectivity index (χ1n) is 28.1. The molecule has 2 heterocycles. The molecule has 0 radical (unpaired) electrons. The lowest BCUT2D eigenvalue weighted by molar-refractivity contribution is 0.102. The Bertz CT molecular complexity index is 4780. The van der Waals surface area contributed by atoms with Crippen LogP contribution in [0.25, 0.3) is 87.4 Å². The molecule has 0 unspecified atom stereocenters. The molecule has 408 valence electrons. The molecule has 0 bridgehead atoms. The van der Waals surface area contributed by atoms with Crippen LogP contribution in [-0.2, 0) is 0 Å². The fourth-order valence-corrected chi connectivity index (χ4v) is 13.3. The van der Waals surface area contributed by atoms with Gasteiger partial charge in [-0.3, -0.25) is 9.59 Å². The van der Waals surface area contributed by atoms with Crippen molar-refractivity contribution < 1.29 is 38.7 Å². The molecule has 0 amide bonds. The van der Waals surface area contributed by atoms with Gasteiger partial charge in [0.1, 0.15) is 57.5 Å². The zero-order valence-corrected chi connectivity index (χ0v) is 47.9. The summed E-state index contributed by atoms with van der Waals surface area (Å²) in [6, 6.07) is 42.7. The van der Waals surface area contributed by atoms with E-state index in [9.17, 15) is 10.2 Å². The Morgan fingerprint density at radius 2 is 0.595 bits per heavy atom. The van der Waals surface area contributed by atoms with Crippen LogP contribution in [0.15, 0.2) is 133 Å². The summed E-state index contributed by atoms with van der Waals surface area (Å²) in [6.07, 6.45) is 0. The van der Waals surface area contributed by atoms with E-state index in [1.54, 1.807) is 12.1 Å². The summed E-state index contributed by atoms with van der Waals surface area (Å²) in [5, 5.41) is 30.4. The summed E-state index contributed by atoms with van der Waals surface area (Å²) < 4.78 is 30.0. The second-order valence-corrected chi connectivity index (χ2v) is 23.0. The fraction of sp³-hybridized carbons (Fsp3) is 0.135. The summed E-state index contributed by atoms with van der Waals surface area (Å²) in [7, 11) is 0. The van der Waals surface area contributed by atoms with Crippen molar-refractivity contribution in [2.45, 2.75) is 69.2 Å². The van der Waals surface area contributed by atoms with Gasteiger partial charge in [0.15, 0.2) is 11.6 Å². The van der Waals surface area contributed by atoms with Gasteiger partial charge in [0.05, 0.1) is 33.5 Å². The van der Waals surface area contributed by atoms with Gasteiger partial charge in [0.2, 0.25) is 0 Å². The summed E-state index contributed by atoms with van der Waals surface area (Å²) in [6.45, 7) is 19.8. The molecule has 0 atom stereocenters. The number of para-hydroxylation sites is 4. The number of fused-ring (bicyclic) bond motifs is 8. The zero-order chi connectivity index (χ0) is 58.0. The van der Waals surface area contributed by atoms with Crippen LogP contribution in [0.3, 0.4) is 0 Å². The fourth-order valence-electron chi connectivity index (χ4n) is 13.3. The van der Waals surface area contributed by atoms with Crippen molar-refractivity contribution in [2.75, 3.05) is 0 Å². The van der Waals surface area contributed by atoms with Gasteiger partial charge < -0.3 is 29.2 Å². The van der Waals surface area contributed by atoms with Gasteiger partial charge in [-0.05, 0) is 162 Å². The van der Waals surface area contributed by atoms with Crippen LogP contribution in [0.5, 0.6) is 57.5 Å². The Labute approximate surface area is 483 Å². The van der Waals surface area contributed by atoms with Gasteiger partial charge >= 0.3 is 0 Å². The molecule has 2 N–H and O–H groups in total. The summed E-state index contributed by atoms with van der Waals surface area (Å²) >= 11 is 0. The van der Waals surface area contributed by atoms with Crippen LogP contribution in [0.1, 0.15) is 87.5 Å². The first-order chi connectivity index (χ1) is 40.4. The second kappa shape index (κ2) is 18.1. The van der Waals surface area contributed by atoms with E-state index in [0.717, 1.165) is 55.6 Å². The molecule has 13 aromatic rings. The number of rotatable bonds is 8. The molecule has 2 aliphatic rings. The number of pyridine rings is 2. The highest BCUT2D eigenvalue weighted by Crippen LogP contribution is 2.61. The van der Waals surface area contributed by atoms with Crippen molar-refractivity contribution in [1.82, 2.24) is 9.97 Å². The van der Waals surface area contributed by atoms with E-state index in [2.05, 4.69) is 0 Å². The predicted octanol–water partition coefficient (Wildman–Crippen LogP) is 18.9. The van der Waals surface area contributed by atoms with E-state index in [-0.39, 0.29) is 33.8 Å². The van der Waals surface area contributed by atoms with Crippen molar-refractivity contribution in [1.29, 1.82) is 0 Å². The van der Waals surface area contributed by atoms with Crippen LogP contribution < -0.4 is 18.9 Å². The van der Waals surface area contributed by atoms with Gasteiger partial charge in [0, 0.05) is 76.1 Å². The molecule has 15 rings (SSSR count). The first kappa shape index (κ1) is 50.6. The minimum absolute atomic E-state index is 0.0585. The van der Waals surface area contributed by atoms with E-state index in [1.807, 2.05) is 191 Å². The van der Waals surface area contributed by atoms with Crippen molar-refractivity contribution in [3.8, 4) is 80.0 Å². The summed E-state index contributed by atoms with van der Waals surface area (Å²) in [5.41, 5.74) is 12.0. The van der Waals surface area contributed by atoms with Crippen LogP contribution >= 0.6 is 0 Å². The van der Waals surface area contributed by atoms with Crippen LogP contribution in [0.2, 0.25) is 0 Å². The van der Waals surface area contributed by atoms with Crippen molar-refractivity contribution >= 4 is 76.5 Å². The molecule has 0 spiro atoms. The number of ether oxygens (including phenoxy) is 4. The number of carbonyl (C=O) groups is 2. The first-order valence-corrected chi connectivity index (χ1v) is 28.1. The molecule has 10 nitrogen and oxygen atoms in total. The van der Waals surface area contributed by atoms with E-state index in [4.69, 9.17) is 28.9 Å². The van der Waals surface area contributed by atoms with Gasteiger partial charge in [-0.15, -0.1) is 0 Å². The summed E-state index contributed by atoms with van der Waals surface area (Å²) in [4.78, 5) is 42.6. The number of hydrogen-bond acceptors (Lipinski definition) is 10. The molecular formula is C74H54N2O8. The van der Waals surface area contributed by atoms with Gasteiger partial charge in [-0.25, -0.2) is 9.97 Å². The third-order valence-electron chi connectivity index (χ3n) is 17.3. The average Bonchev–Trinajstić information content (AvgIpc) is 0.905. The van der Waals surface area contributed by atoms with Gasteiger partial charge in [-0.2, -0.15) is 0 Å². The second-order valence-electron chi connectivity index (χ2n) is 23.0. The highest BCUT2D eigenvalue weighted by molar-refractivity contribution is 6.45. The Morgan fingerprint density at radius 3 is 0.881 bits per heavy atom. The van der Waals surface area contributed by atoms with Gasteiger partial charge in [-0.1, -0.05) is 96.1 Å². The highest BCUT2D eigenvalue weighted by Gasteiger charge is 2.40. The largest absolute Gasteiger partial charge is 0.506 e. The molecule has 0 saturated carbocycles. The molecule has 2 aromatic heterocycles. The molecule has 0 aliphatic heterocycles. The number of aromatic nitrogens is 2. The van der Waals surface area contributed by atoms with Crippen LogP contribution in [0, 0.1) is 69.2 Å². The number of nitrogens with zero attached hydrogens (tertiary/aromatic N) is 2. The van der Waals surface area contributed by atoms with Crippen molar-refractivity contribution in [3.63, 3.8) is 0 Å². The van der Waals surface area contributed by atoms with Crippen molar-refractivity contribution in [2.24, 2.45) is 0 Å². The predicted molar refractivity (Wildman–Crippen MR) is 333 cm³/mol. The normalized spacial score (nSPS) is 12.5. The SMILES string of the molecule is Cc1ccc2nc3c(c(O)c2c1)C(=O)c1cc(Oc2c(C)cccc2C)c2c4c(Oc5c(C)cccc5C)cc5c6c(cc(Oc7c(C)cccc7C)c(c7c(Oc8c(C)cccc8C)cc-3c1c27)c64)-c1nc2ccc(C)cc2c(O)c1C5=O. The van der Waals surface area contributed by atoms with E-state index >= 15 is 9.59 Å². The number of benzene rings is 11. The molecular weight excluding hydrogens is 1040 g/mol. The molecule has 0 fully saturated rings. The van der Waals surface area contributed by atoms with Gasteiger partial charge in [0.25, 0.3) is 0 Å². The van der Waals surface area contributed by atoms with E-state index in [0.29, 0.717) is 133 Å². The summed E-state index contributed by atoms with van der Waals surface area (Å²) in [5.74, 6) is 2.51. The van der Waals surface area contributed by atoms with E-state index < -0.39 is 11.6 Å². The van der Waals surface area contributed by atoms with Crippen molar-refractivity contribution in [3.05, 3.63) is 211 Å². The van der Waals surface area contributed by atoms with Crippen LogP contribution in [0.4, 0.5) is 0 Å². The van der Waals surface area contributed by atoms with Crippen LogP contribution in [-0.4, -0.2) is 31.7 Å². The number of aromatic hydroxyl groups is 2. The lowest BCUT2D eigenvalue weighted by Gasteiger charge is -2.30. The Morgan fingerprint density at radius 1 is 0.321 bits per heavy atom. The molecule has 0 saturated heterocycles. The maximum atomic E-state index is 16.0. The topological polar surface area (TPSA) is 137 Å². The lowest BCUT2D eigenvalue weighted by atomic mass is 9.76. The lowest BCUT2D eigenvalue weighted by Crippen LogP contribution is -2.15. The minimum Gasteiger partial charge on any atom is -0.506 e. The quantitative estimate of drug-likeness (QED) is 0.112. The Kier molecular flexibility index (Phi) is 10.9. The number of carbonyl (C=O) groups excluding carboxylic acids is 2. The Balaban J connectivity index is 1.24. The highest BCUT2D eigenvalue weighted by atomic mass is 16.5.